The lowest BCUT2D eigenvalue weighted by Gasteiger charge is -2.11. The van der Waals surface area contributed by atoms with E-state index in [-0.39, 0.29) is 0 Å². The Kier molecular flexibility index (Phi) is 6.88. The van der Waals surface area contributed by atoms with E-state index in [0.717, 1.165) is 11.9 Å². The van der Waals surface area contributed by atoms with Gasteiger partial charge >= 0.3 is 0 Å². The average molecular weight is 194 g/mol. The van der Waals surface area contributed by atoms with Gasteiger partial charge in [-0.15, -0.1) is 0 Å². The molecule has 0 amide bonds. The van der Waals surface area contributed by atoms with Crippen molar-refractivity contribution in [3.63, 3.8) is 0 Å². The molecule has 9 heavy (non-hydrogen) atoms. The molecule has 0 fully saturated rings. The minimum atomic E-state index is 0.671. The second-order valence-corrected chi connectivity index (χ2v) is 2.86. The van der Waals surface area contributed by atoms with Crippen LogP contribution in [0.25, 0.3) is 0 Å². The van der Waals surface area contributed by atoms with Crippen LogP contribution in [0.5, 0.6) is 0 Å². The molecule has 1 nitrogen and oxygen atoms in total. The van der Waals surface area contributed by atoms with E-state index in [9.17, 15) is 0 Å². The second kappa shape index (κ2) is 6.56. The van der Waals surface area contributed by atoms with Crippen molar-refractivity contribution < 1.29 is 0 Å². The van der Waals surface area contributed by atoms with Crippen LogP contribution < -0.4 is 5.32 Å². The van der Waals surface area contributed by atoms with E-state index in [1.54, 1.807) is 0 Å². The third-order valence-corrected chi connectivity index (χ3v) is 2.14. The SMILES string of the molecule is CCCNC(CC)CBr. The van der Waals surface area contributed by atoms with Crippen molar-refractivity contribution in [1.82, 2.24) is 5.32 Å². The fourth-order valence-corrected chi connectivity index (χ4v) is 1.34. The summed E-state index contributed by atoms with van der Waals surface area (Å²) in [5, 5.41) is 4.49. The number of hydrogen-bond donors (Lipinski definition) is 1. The zero-order valence-electron chi connectivity index (χ0n) is 6.28. The highest BCUT2D eigenvalue weighted by molar-refractivity contribution is 9.09. The van der Waals surface area contributed by atoms with Crippen LogP contribution in [-0.2, 0) is 0 Å². The van der Waals surface area contributed by atoms with Crippen LogP contribution in [0.4, 0.5) is 0 Å². The molecular formula is C7H16BrN. The Balaban J connectivity index is 3.09. The molecule has 0 aromatic rings. The lowest BCUT2D eigenvalue weighted by Crippen LogP contribution is -2.30. The molecule has 0 aromatic carbocycles. The largest absolute Gasteiger partial charge is 0.313 e. The van der Waals surface area contributed by atoms with Gasteiger partial charge in [-0.05, 0) is 19.4 Å². The summed E-state index contributed by atoms with van der Waals surface area (Å²) in [6.07, 6.45) is 2.44. The van der Waals surface area contributed by atoms with Crippen molar-refractivity contribution >= 4 is 15.9 Å². The summed E-state index contributed by atoms with van der Waals surface area (Å²) < 4.78 is 0. The molecular weight excluding hydrogens is 178 g/mol. The lowest BCUT2D eigenvalue weighted by atomic mass is 10.2. The van der Waals surface area contributed by atoms with Crippen molar-refractivity contribution in [3.05, 3.63) is 0 Å². The third kappa shape index (κ3) is 4.91. The molecule has 1 unspecified atom stereocenters. The summed E-state index contributed by atoms with van der Waals surface area (Å²) in [5.74, 6) is 0. The standard InChI is InChI=1S/C7H16BrN/c1-3-5-9-7(4-2)6-8/h7,9H,3-6H2,1-2H3. The Morgan fingerprint density at radius 2 is 2.11 bits per heavy atom. The zero-order chi connectivity index (χ0) is 7.11. The maximum Gasteiger partial charge on any atom is 0.0185 e. The van der Waals surface area contributed by atoms with E-state index >= 15 is 0 Å². The fourth-order valence-electron chi connectivity index (χ4n) is 0.656. The Bertz CT molecular complexity index is 52.9. The van der Waals surface area contributed by atoms with Gasteiger partial charge in [-0.3, -0.25) is 0 Å². The Labute approximate surface area is 66.3 Å². The lowest BCUT2D eigenvalue weighted by molar-refractivity contribution is 0.542. The zero-order valence-corrected chi connectivity index (χ0v) is 7.87. The van der Waals surface area contributed by atoms with Crippen molar-refractivity contribution in [3.8, 4) is 0 Å². The molecule has 0 aliphatic heterocycles. The summed E-state index contributed by atoms with van der Waals surface area (Å²) in [4.78, 5) is 0. The van der Waals surface area contributed by atoms with Crippen LogP contribution in [0.3, 0.4) is 0 Å². The highest BCUT2D eigenvalue weighted by atomic mass is 79.9. The number of halogens is 1. The van der Waals surface area contributed by atoms with Crippen molar-refractivity contribution in [1.29, 1.82) is 0 Å². The maximum absolute atomic E-state index is 3.44. The normalized spacial score (nSPS) is 13.7. The van der Waals surface area contributed by atoms with Gasteiger partial charge in [-0.2, -0.15) is 0 Å². The summed E-state index contributed by atoms with van der Waals surface area (Å²) in [6, 6.07) is 0.671. The number of rotatable bonds is 5. The first-order valence-electron chi connectivity index (χ1n) is 3.64. The van der Waals surface area contributed by atoms with Gasteiger partial charge in [-0.25, -0.2) is 0 Å². The van der Waals surface area contributed by atoms with Gasteiger partial charge in [-0.1, -0.05) is 29.8 Å². The number of hydrogen-bond acceptors (Lipinski definition) is 1. The molecule has 1 N–H and O–H groups in total. The molecule has 0 heterocycles. The predicted molar refractivity (Wildman–Crippen MR) is 46.2 cm³/mol. The molecule has 0 saturated heterocycles. The molecule has 0 rings (SSSR count). The highest BCUT2D eigenvalue weighted by Crippen LogP contribution is 1.94. The molecule has 1 atom stereocenters. The first-order chi connectivity index (χ1) is 4.35. The predicted octanol–water partition coefficient (Wildman–Crippen LogP) is 2.16. The molecule has 0 saturated carbocycles. The van der Waals surface area contributed by atoms with E-state index in [2.05, 4.69) is 35.1 Å². The van der Waals surface area contributed by atoms with Crippen molar-refractivity contribution in [2.45, 2.75) is 32.7 Å². The molecule has 0 aliphatic rings. The van der Waals surface area contributed by atoms with Gasteiger partial charge in [0, 0.05) is 11.4 Å². The van der Waals surface area contributed by atoms with Gasteiger partial charge in [0.15, 0.2) is 0 Å². The summed E-state index contributed by atoms with van der Waals surface area (Å²) in [5.41, 5.74) is 0. The molecule has 0 spiro atoms. The molecule has 0 radical (unpaired) electrons. The molecule has 0 aliphatic carbocycles. The topological polar surface area (TPSA) is 12.0 Å². The number of alkyl halides is 1. The summed E-state index contributed by atoms with van der Waals surface area (Å²) >= 11 is 3.44. The van der Waals surface area contributed by atoms with E-state index in [4.69, 9.17) is 0 Å². The smallest absolute Gasteiger partial charge is 0.0185 e. The second-order valence-electron chi connectivity index (χ2n) is 2.21. The van der Waals surface area contributed by atoms with Gasteiger partial charge in [0.1, 0.15) is 0 Å². The first-order valence-corrected chi connectivity index (χ1v) is 4.76. The minimum Gasteiger partial charge on any atom is -0.313 e. The Hall–Kier alpha value is 0.440. The van der Waals surface area contributed by atoms with Gasteiger partial charge in [0.05, 0.1) is 0 Å². The molecule has 56 valence electrons. The van der Waals surface area contributed by atoms with Crippen LogP contribution in [0.2, 0.25) is 0 Å². The van der Waals surface area contributed by atoms with Crippen LogP contribution >= 0.6 is 15.9 Å². The summed E-state index contributed by atoms with van der Waals surface area (Å²) in [7, 11) is 0. The maximum atomic E-state index is 3.44. The van der Waals surface area contributed by atoms with E-state index < -0.39 is 0 Å². The monoisotopic (exact) mass is 193 g/mol. The summed E-state index contributed by atoms with van der Waals surface area (Å²) in [6.45, 7) is 5.53. The average Bonchev–Trinajstić information content (AvgIpc) is 1.91. The van der Waals surface area contributed by atoms with Gasteiger partial charge < -0.3 is 5.32 Å². The first kappa shape index (κ1) is 9.44. The number of nitrogens with one attached hydrogen (secondary N) is 1. The molecule has 2 heteroatoms. The van der Waals surface area contributed by atoms with Crippen LogP contribution in [0, 0.1) is 0 Å². The van der Waals surface area contributed by atoms with Crippen LogP contribution in [-0.4, -0.2) is 17.9 Å². The van der Waals surface area contributed by atoms with Crippen molar-refractivity contribution in [2.75, 3.05) is 11.9 Å². The van der Waals surface area contributed by atoms with E-state index in [1.807, 2.05) is 0 Å². The third-order valence-electron chi connectivity index (χ3n) is 1.36. The van der Waals surface area contributed by atoms with Gasteiger partial charge in [0.25, 0.3) is 0 Å². The minimum absolute atomic E-state index is 0.671. The quantitative estimate of drug-likeness (QED) is 0.661. The van der Waals surface area contributed by atoms with Crippen LogP contribution in [0.15, 0.2) is 0 Å². The van der Waals surface area contributed by atoms with E-state index in [0.29, 0.717) is 6.04 Å². The van der Waals surface area contributed by atoms with E-state index in [1.165, 1.54) is 12.8 Å². The Morgan fingerprint density at radius 1 is 1.44 bits per heavy atom. The molecule has 0 aromatic heterocycles. The fraction of sp³-hybridized carbons (Fsp3) is 1.00. The van der Waals surface area contributed by atoms with Gasteiger partial charge in [0.2, 0.25) is 0 Å². The van der Waals surface area contributed by atoms with Crippen LogP contribution in [0.1, 0.15) is 26.7 Å². The highest BCUT2D eigenvalue weighted by Gasteiger charge is 1.99. The van der Waals surface area contributed by atoms with Crippen molar-refractivity contribution in [2.24, 2.45) is 0 Å². The Morgan fingerprint density at radius 3 is 2.44 bits per heavy atom. The molecule has 0 bridgehead atoms.